The number of methoxy groups -OCH3 is 1. The Bertz CT molecular complexity index is 584. The maximum Gasteiger partial charge on any atom is 0.426 e. The Hall–Kier alpha value is -2.53. The fraction of sp³-hybridized carbons (Fsp3) is 0.0714. The van der Waals surface area contributed by atoms with E-state index >= 15 is 0 Å². The van der Waals surface area contributed by atoms with Crippen LogP contribution in [0.15, 0.2) is 48.5 Å². The number of nitrogens with zero attached hydrogens (tertiary/aromatic N) is 1. The molecule has 0 spiro atoms. The minimum absolute atomic E-state index is 0.323. The van der Waals surface area contributed by atoms with Gasteiger partial charge >= 0.3 is 6.09 Å². The number of carbonyl (C=O) groups is 1. The van der Waals surface area contributed by atoms with Crippen LogP contribution in [0.3, 0.4) is 0 Å². The highest BCUT2D eigenvalue weighted by molar-refractivity contribution is 5.94. The number of hydrazine groups is 1. The topological polar surface area (TPSA) is 75.8 Å². The van der Waals surface area contributed by atoms with E-state index in [9.17, 15) is 4.79 Å². The molecule has 0 saturated heterocycles. The molecule has 0 aliphatic heterocycles. The molecule has 0 aliphatic carbocycles. The monoisotopic (exact) mass is 258 g/mol. The number of ether oxygens (including phenoxy) is 1. The molecule has 0 saturated carbocycles. The molecule has 0 atom stereocenters. The maximum absolute atomic E-state index is 11.1. The van der Waals surface area contributed by atoms with Crippen LogP contribution in [-0.2, 0) is 0 Å². The predicted molar refractivity (Wildman–Crippen MR) is 73.1 cm³/mol. The average Bonchev–Trinajstić information content (AvgIpc) is 2.46. The van der Waals surface area contributed by atoms with Crippen LogP contribution < -0.4 is 15.6 Å². The first-order valence-corrected chi connectivity index (χ1v) is 5.65. The van der Waals surface area contributed by atoms with Crippen molar-refractivity contribution in [3.63, 3.8) is 0 Å². The van der Waals surface area contributed by atoms with Gasteiger partial charge in [-0.15, -0.1) is 0 Å². The summed E-state index contributed by atoms with van der Waals surface area (Å²) >= 11 is 0. The summed E-state index contributed by atoms with van der Waals surface area (Å²) in [5.74, 6) is 6.01. The molecule has 3 N–H and O–H groups in total. The van der Waals surface area contributed by atoms with Crippen LogP contribution in [0.5, 0.6) is 5.75 Å². The molecule has 5 heteroatoms. The summed E-state index contributed by atoms with van der Waals surface area (Å²) in [7, 11) is 1.48. The van der Waals surface area contributed by atoms with Gasteiger partial charge in [0.25, 0.3) is 0 Å². The second-order valence-electron chi connectivity index (χ2n) is 3.88. The number of benzene rings is 2. The minimum Gasteiger partial charge on any atom is -0.494 e. The summed E-state index contributed by atoms with van der Waals surface area (Å²) in [5, 5.41) is 9.74. The smallest absolute Gasteiger partial charge is 0.426 e. The molecule has 0 fully saturated rings. The highest BCUT2D eigenvalue weighted by atomic mass is 16.5. The molecular formula is C14H14N2O3. The van der Waals surface area contributed by atoms with E-state index in [0.29, 0.717) is 22.0 Å². The van der Waals surface area contributed by atoms with Crippen molar-refractivity contribution in [3.05, 3.63) is 48.5 Å². The van der Waals surface area contributed by atoms with Crippen LogP contribution in [0, 0.1) is 0 Å². The molecule has 0 aliphatic rings. The number of hydrogen-bond acceptors (Lipinski definition) is 3. The third-order valence-corrected chi connectivity index (χ3v) is 2.75. The maximum atomic E-state index is 11.1. The Balaban J connectivity index is 2.64. The summed E-state index contributed by atoms with van der Waals surface area (Å²) in [6.07, 6.45) is -1.25. The normalized spacial score (nSPS) is 10.0. The zero-order valence-corrected chi connectivity index (χ0v) is 10.4. The first-order valence-electron chi connectivity index (χ1n) is 5.65. The molecule has 5 nitrogen and oxygen atoms in total. The number of amides is 1. The van der Waals surface area contributed by atoms with Gasteiger partial charge in [-0.3, -0.25) is 0 Å². The molecule has 1 amide bonds. The molecule has 0 radical (unpaired) electrons. The summed E-state index contributed by atoms with van der Waals surface area (Å²) in [6, 6.07) is 14.7. The lowest BCUT2D eigenvalue weighted by Gasteiger charge is -2.20. The van der Waals surface area contributed by atoms with Gasteiger partial charge in [0.1, 0.15) is 11.4 Å². The number of nitrogens with two attached hydrogens (primary N) is 1. The number of anilines is 1. The zero-order chi connectivity index (χ0) is 13.8. The van der Waals surface area contributed by atoms with Crippen molar-refractivity contribution in [2.45, 2.75) is 0 Å². The molecule has 0 aromatic heterocycles. The van der Waals surface area contributed by atoms with Crippen LogP contribution in [-0.4, -0.2) is 18.3 Å². The summed E-state index contributed by atoms with van der Waals surface area (Å²) in [4.78, 5) is 11.1. The third kappa shape index (κ3) is 2.51. The lowest BCUT2D eigenvalue weighted by atomic mass is 10.0. The number of rotatable bonds is 3. The van der Waals surface area contributed by atoms with Crippen LogP contribution in [0.2, 0.25) is 0 Å². The van der Waals surface area contributed by atoms with Crippen LogP contribution >= 0.6 is 0 Å². The van der Waals surface area contributed by atoms with Gasteiger partial charge in [0.2, 0.25) is 0 Å². The fourth-order valence-corrected chi connectivity index (χ4v) is 1.88. The Morgan fingerprint density at radius 3 is 2.42 bits per heavy atom. The summed E-state index contributed by atoms with van der Waals surface area (Å²) < 4.78 is 5.19. The Kier molecular flexibility index (Phi) is 3.68. The van der Waals surface area contributed by atoms with Gasteiger partial charge in [-0.25, -0.2) is 15.6 Å². The first-order chi connectivity index (χ1) is 9.15. The van der Waals surface area contributed by atoms with Crippen LogP contribution in [0.25, 0.3) is 11.1 Å². The summed E-state index contributed by atoms with van der Waals surface area (Å²) in [6.45, 7) is 0. The van der Waals surface area contributed by atoms with E-state index in [0.717, 1.165) is 5.56 Å². The van der Waals surface area contributed by atoms with Crippen molar-refractivity contribution in [2.24, 2.45) is 5.84 Å². The van der Waals surface area contributed by atoms with E-state index in [1.165, 1.54) is 7.11 Å². The first kappa shape index (κ1) is 12.9. The lowest BCUT2D eigenvalue weighted by molar-refractivity contribution is 0.201. The van der Waals surface area contributed by atoms with Crippen molar-refractivity contribution >= 4 is 11.8 Å². The lowest BCUT2D eigenvalue weighted by Crippen LogP contribution is -2.36. The van der Waals surface area contributed by atoms with E-state index < -0.39 is 6.09 Å². The third-order valence-electron chi connectivity index (χ3n) is 2.75. The van der Waals surface area contributed by atoms with Crippen molar-refractivity contribution in [1.82, 2.24) is 0 Å². The Morgan fingerprint density at radius 2 is 1.84 bits per heavy atom. The van der Waals surface area contributed by atoms with E-state index in [4.69, 9.17) is 15.7 Å². The number of carboxylic acid groups (broad SMARTS) is 1. The van der Waals surface area contributed by atoms with Crippen molar-refractivity contribution in [2.75, 3.05) is 12.1 Å². The Morgan fingerprint density at radius 1 is 1.16 bits per heavy atom. The Labute approximate surface area is 110 Å². The second-order valence-corrected chi connectivity index (χ2v) is 3.88. The van der Waals surface area contributed by atoms with E-state index in [1.807, 2.05) is 30.3 Å². The number of hydrogen-bond donors (Lipinski definition) is 2. The molecule has 19 heavy (non-hydrogen) atoms. The minimum atomic E-state index is -1.25. The SMILES string of the molecule is COc1cccc(-c2ccccc2)c1N(N)C(=O)O. The molecule has 0 bridgehead atoms. The molecule has 0 unspecified atom stereocenters. The molecule has 98 valence electrons. The van der Waals surface area contributed by atoms with E-state index in [1.54, 1.807) is 18.2 Å². The molecular weight excluding hydrogens is 244 g/mol. The van der Waals surface area contributed by atoms with Crippen LogP contribution in [0.4, 0.5) is 10.5 Å². The second kappa shape index (κ2) is 5.41. The molecule has 2 aromatic carbocycles. The van der Waals surface area contributed by atoms with Gasteiger partial charge in [0.05, 0.1) is 7.11 Å². The van der Waals surface area contributed by atoms with Gasteiger partial charge in [-0.05, 0) is 11.6 Å². The van der Waals surface area contributed by atoms with Gasteiger partial charge in [0, 0.05) is 5.56 Å². The van der Waals surface area contributed by atoms with Gasteiger partial charge in [0.15, 0.2) is 0 Å². The summed E-state index contributed by atoms with van der Waals surface area (Å²) in [5.41, 5.74) is 1.89. The van der Waals surface area contributed by atoms with Crippen molar-refractivity contribution in [1.29, 1.82) is 0 Å². The predicted octanol–water partition coefficient (Wildman–Crippen LogP) is 2.72. The highest BCUT2D eigenvalue weighted by Crippen LogP contribution is 2.37. The van der Waals surface area contributed by atoms with Gasteiger partial charge in [-0.2, -0.15) is 0 Å². The average molecular weight is 258 g/mol. The van der Waals surface area contributed by atoms with E-state index in [-0.39, 0.29) is 0 Å². The molecule has 2 rings (SSSR count). The van der Waals surface area contributed by atoms with Crippen molar-refractivity contribution in [3.8, 4) is 16.9 Å². The van der Waals surface area contributed by atoms with Gasteiger partial charge in [-0.1, -0.05) is 42.5 Å². The highest BCUT2D eigenvalue weighted by Gasteiger charge is 2.19. The fourth-order valence-electron chi connectivity index (χ4n) is 1.88. The quantitative estimate of drug-likeness (QED) is 0.504. The van der Waals surface area contributed by atoms with E-state index in [2.05, 4.69) is 0 Å². The van der Waals surface area contributed by atoms with Crippen LogP contribution in [0.1, 0.15) is 0 Å². The molecule has 0 heterocycles. The number of para-hydroxylation sites is 1. The molecule has 2 aromatic rings. The largest absolute Gasteiger partial charge is 0.494 e. The van der Waals surface area contributed by atoms with Crippen molar-refractivity contribution < 1.29 is 14.6 Å². The zero-order valence-electron chi connectivity index (χ0n) is 10.4. The van der Waals surface area contributed by atoms with Gasteiger partial charge < -0.3 is 9.84 Å². The standard InChI is InChI=1S/C14H14N2O3/c1-19-12-9-5-8-11(10-6-3-2-4-7-10)13(12)16(15)14(17)18/h2-9H,15H2,1H3,(H,17,18).